The van der Waals surface area contributed by atoms with Crippen molar-refractivity contribution >= 4 is 28.3 Å². The van der Waals surface area contributed by atoms with Gasteiger partial charge in [-0.15, -0.1) is 11.8 Å². The van der Waals surface area contributed by atoms with Crippen LogP contribution in [0.2, 0.25) is 0 Å². The molecule has 7 heteroatoms. The van der Waals surface area contributed by atoms with E-state index in [0.717, 1.165) is 31.4 Å². The summed E-state index contributed by atoms with van der Waals surface area (Å²) < 4.78 is 31.3. The van der Waals surface area contributed by atoms with Crippen LogP contribution in [0, 0.1) is 0 Å². The highest BCUT2D eigenvalue weighted by atomic mass is 32.2. The highest BCUT2D eigenvalue weighted by Crippen LogP contribution is 2.32. The van der Waals surface area contributed by atoms with E-state index in [-0.39, 0.29) is 6.04 Å². The molecular formula is C14H20N2O3S2. The molecule has 1 saturated carbocycles. The lowest BCUT2D eigenvalue weighted by Gasteiger charge is -2.20. The van der Waals surface area contributed by atoms with E-state index in [1.165, 1.54) is 16.9 Å². The van der Waals surface area contributed by atoms with Crippen LogP contribution >= 0.6 is 11.8 Å². The second-order valence-corrected chi connectivity index (χ2v) is 7.29. The smallest absolute Gasteiger partial charge is 0.273 e. The van der Waals surface area contributed by atoms with E-state index in [0.29, 0.717) is 0 Å². The number of nitrogens with one attached hydrogen (secondary N) is 1. The molecule has 0 spiro atoms. The van der Waals surface area contributed by atoms with Gasteiger partial charge in [-0.25, -0.2) is 0 Å². The third kappa shape index (κ3) is 6.17. The van der Waals surface area contributed by atoms with Gasteiger partial charge in [0.2, 0.25) is 0 Å². The molecule has 1 fully saturated rings. The largest absolute Gasteiger partial charge is 0.333 e. The van der Waals surface area contributed by atoms with Crippen molar-refractivity contribution < 1.29 is 13.0 Å². The van der Waals surface area contributed by atoms with Gasteiger partial charge in [0.05, 0.1) is 0 Å². The van der Waals surface area contributed by atoms with Gasteiger partial charge < -0.3 is 0 Å². The van der Waals surface area contributed by atoms with Crippen LogP contribution in [0.25, 0.3) is 0 Å². The Morgan fingerprint density at radius 3 is 2.76 bits per heavy atom. The topological polar surface area (TPSA) is 78.8 Å². The molecule has 21 heavy (non-hydrogen) atoms. The predicted molar refractivity (Wildman–Crippen MR) is 87.8 cm³/mol. The molecule has 1 aliphatic carbocycles. The Balaban J connectivity index is 0.000000154. The Bertz CT molecular complexity index is 571. The fraction of sp³-hybridized carbons (Fsp3) is 0.500. The maximum atomic E-state index is 10.3. The van der Waals surface area contributed by atoms with Crippen LogP contribution in [0.15, 0.2) is 39.9 Å². The normalized spacial score (nSPS) is 21.8. The molecule has 3 rings (SSSR count). The lowest BCUT2D eigenvalue weighted by molar-refractivity contribution is 0.389. The number of thioether (sulfide) groups is 1. The fourth-order valence-electron chi connectivity index (χ4n) is 2.41. The van der Waals surface area contributed by atoms with Crippen LogP contribution in [0.3, 0.4) is 0 Å². The molecule has 0 aromatic heterocycles. The molecule has 0 aromatic carbocycles. The van der Waals surface area contributed by atoms with Crippen molar-refractivity contribution in [3.63, 3.8) is 0 Å². The molecule has 5 nitrogen and oxygen atoms in total. The Labute approximate surface area is 130 Å². The second kappa shape index (κ2) is 7.93. The maximum Gasteiger partial charge on any atom is 0.333 e. The summed E-state index contributed by atoms with van der Waals surface area (Å²) in [5, 5.41) is 0. The van der Waals surface area contributed by atoms with Gasteiger partial charge in [-0.05, 0) is 30.6 Å². The Morgan fingerprint density at radius 2 is 2.05 bits per heavy atom. The number of allylic oxidation sites excluding steroid dienone is 3. The highest BCUT2D eigenvalue weighted by molar-refractivity contribution is 8.03. The van der Waals surface area contributed by atoms with Crippen molar-refractivity contribution in [3.8, 4) is 0 Å². The van der Waals surface area contributed by atoms with Gasteiger partial charge in [-0.3, -0.25) is 9.55 Å². The van der Waals surface area contributed by atoms with E-state index in [4.69, 9.17) is 4.55 Å². The third-order valence-corrected chi connectivity index (χ3v) is 5.05. The van der Waals surface area contributed by atoms with Crippen molar-refractivity contribution in [3.05, 3.63) is 34.9 Å². The average Bonchev–Trinajstić information content (AvgIpc) is 2.75. The van der Waals surface area contributed by atoms with Gasteiger partial charge in [0.25, 0.3) is 0 Å². The number of rotatable bonds is 2. The van der Waals surface area contributed by atoms with Crippen LogP contribution in [0.1, 0.15) is 32.1 Å². The van der Waals surface area contributed by atoms with Gasteiger partial charge >= 0.3 is 10.3 Å². The molecule has 0 aromatic rings. The summed E-state index contributed by atoms with van der Waals surface area (Å²) >= 11 is 1.87. The minimum Gasteiger partial charge on any atom is -0.273 e. The van der Waals surface area contributed by atoms with Gasteiger partial charge in [0.1, 0.15) is 0 Å². The van der Waals surface area contributed by atoms with Crippen LogP contribution in [-0.4, -0.2) is 31.0 Å². The van der Waals surface area contributed by atoms with Crippen LogP contribution in [0.5, 0.6) is 0 Å². The quantitative estimate of drug-likeness (QED) is 0.764. The molecule has 0 atom stereocenters. The van der Waals surface area contributed by atoms with Gasteiger partial charge in [-0.2, -0.15) is 13.1 Å². The first-order valence-electron chi connectivity index (χ1n) is 7.03. The van der Waals surface area contributed by atoms with Crippen LogP contribution < -0.4 is 4.72 Å². The van der Waals surface area contributed by atoms with E-state index in [9.17, 15) is 8.42 Å². The molecule has 0 bridgehead atoms. The molecular weight excluding hydrogens is 308 g/mol. The van der Waals surface area contributed by atoms with E-state index < -0.39 is 10.3 Å². The molecule has 2 heterocycles. The van der Waals surface area contributed by atoms with Crippen molar-refractivity contribution in [2.45, 2.75) is 38.1 Å². The first-order valence-corrected chi connectivity index (χ1v) is 9.45. The van der Waals surface area contributed by atoms with E-state index >= 15 is 0 Å². The highest BCUT2D eigenvalue weighted by Gasteiger charge is 2.17. The summed E-state index contributed by atoms with van der Waals surface area (Å²) in [6.45, 7) is 0. The third-order valence-electron chi connectivity index (χ3n) is 3.40. The molecule has 2 aliphatic heterocycles. The Kier molecular flexibility index (Phi) is 6.22. The predicted octanol–water partition coefficient (Wildman–Crippen LogP) is 2.85. The van der Waals surface area contributed by atoms with E-state index in [1.807, 2.05) is 24.2 Å². The van der Waals surface area contributed by atoms with Crippen LogP contribution in [-0.2, 0) is 10.3 Å². The minimum absolute atomic E-state index is 0.0428. The first-order chi connectivity index (χ1) is 10.0. The zero-order valence-corrected chi connectivity index (χ0v) is 13.4. The van der Waals surface area contributed by atoms with Crippen molar-refractivity contribution in [2.75, 3.05) is 5.75 Å². The Hall–Kier alpha value is -0.890. The molecule has 116 valence electrons. The number of fused-ring (bicyclic) bond motifs is 1. The molecule has 0 saturated heterocycles. The summed E-state index contributed by atoms with van der Waals surface area (Å²) in [5.74, 6) is 1.11. The van der Waals surface area contributed by atoms with Crippen molar-refractivity contribution in [1.29, 1.82) is 0 Å². The molecule has 0 amide bonds. The summed E-state index contributed by atoms with van der Waals surface area (Å²) in [6.07, 6.45) is 15.0. The lowest BCUT2D eigenvalue weighted by Crippen LogP contribution is -2.35. The number of aliphatic imine (C=N–C) groups is 1. The zero-order chi connectivity index (χ0) is 15.1. The standard InChI is InChI=1S/C8H7NS.C6H13NO3S/c1-4-9-5-2-8-7(1)3-6-10-8;8-11(9,10)7-6-4-2-1-3-5-6/h1-5H,6H2;6-7H,1-5H2,(H,8,9,10). The SMILES string of the molecule is C1=CC2=CCSC2=CC=N1.O=S(=O)(O)NC1CCCCC1. The first kappa shape index (κ1) is 16.5. The molecule has 0 radical (unpaired) electrons. The van der Waals surface area contributed by atoms with E-state index in [2.05, 4.69) is 27.9 Å². The van der Waals surface area contributed by atoms with Crippen molar-refractivity contribution in [1.82, 2.24) is 4.72 Å². The van der Waals surface area contributed by atoms with Gasteiger partial charge in [0.15, 0.2) is 0 Å². The number of nitrogens with zero attached hydrogens (tertiary/aromatic N) is 1. The van der Waals surface area contributed by atoms with E-state index in [1.54, 1.807) is 0 Å². The fourth-order valence-corrected chi connectivity index (χ4v) is 3.99. The second-order valence-electron chi connectivity index (χ2n) is 5.04. The Morgan fingerprint density at radius 1 is 1.29 bits per heavy atom. The molecule has 0 unspecified atom stereocenters. The summed E-state index contributed by atoms with van der Waals surface area (Å²) in [5.41, 5.74) is 1.32. The number of hydrogen-bond donors (Lipinski definition) is 2. The summed E-state index contributed by atoms with van der Waals surface area (Å²) in [4.78, 5) is 5.36. The molecule has 2 N–H and O–H groups in total. The van der Waals surface area contributed by atoms with Gasteiger partial charge in [0, 0.05) is 29.1 Å². The monoisotopic (exact) mass is 328 g/mol. The average molecular weight is 328 g/mol. The zero-order valence-electron chi connectivity index (χ0n) is 11.7. The molecule has 3 aliphatic rings. The minimum atomic E-state index is -3.97. The summed E-state index contributed by atoms with van der Waals surface area (Å²) in [7, 11) is -3.97. The summed E-state index contributed by atoms with van der Waals surface area (Å²) in [6, 6.07) is -0.0428. The maximum absolute atomic E-state index is 10.3. The number of hydrogen-bond acceptors (Lipinski definition) is 4. The van der Waals surface area contributed by atoms with Gasteiger partial charge in [-0.1, -0.05) is 25.3 Å². The van der Waals surface area contributed by atoms with Crippen molar-refractivity contribution in [2.24, 2.45) is 4.99 Å². The lowest BCUT2D eigenvalue weighted by atomic mass is 9.96. The van der Waals surface area contributed by atoms with Crippen LogP contribution in [0.4, 0.5) is 0 Å².